The second kappa shape index (κ2) is 11.6. The number of benzene rings is 4. The van der Waals surface area contributed by atoms with E-state index in [4.69, 9.17) is 9.47 Å². The van der Waals surface area contributed by atoms with E-state index in [1.807, 2.05) is 74.5 Å². The molecule has 0 aliphatic heterocycles. The quantitative estimate of drug-likeness (QED) is 0.232. The lowest BCUT2D eigenvalue weighted by Gasteiger charge is -2.18. The third-order valence-electron chi connectivity index (χ3n) is 6.20. The largest absolute Gasteiger partial charge is 0.489 e. The van der Waals surface area contributed by atoms with Crippen molar-refractivity contribution in [1.82, 2.24) is 0 Å². The fraction of sp³-hybridized carbons (Fsp3) is 0.194. The summed E-state index contributed by atoms with van der Waals surface area (Å²) in [5.41, 5.74) is 3.31. The number of Topliss-reactive ketones (excluding diaryl/α,β-unsaturated/α-hetero) is 1. The summed E-state index contributed by atoms with van der Waals surface area (Å²) in [4.78, 5) is 13.2. The van der Waals surface area contributed by atoms with E-state index in [9.17, 15) is 13.6 Å². The summed E-state index contributed by atoms with van der Waals surface area (Å²) < 4.78 is 38.1. The first-order valence-corrected chi connectivity index (χ1v) is 11.9. The van der Waals surface area contributed by atoms with Crippen LogP contribution in [0.1, 0.15) is 47.9 Å². The van der Waals surface area contributed by atoms with Crippen LogP contribution in [-0.4, -0.2) is 5.78 Å². The number of hydrogen-bond donors (Lipinski definition) is 0. The van der Waals surface area contributed by atoms with Crippen LogP contribution in [0.5, 0.6) is 11.5 Å². The minimum absolute atomic E-state index is 0.108. The minimum Gasteiger partial charge on any atom is -0.489 e. The van der Waals surface area contributed by atoms with Crippen molar-refractivity contribution in [1.29, 1.82) is 0 Å². The van der Waals surface area contributed by atoms with Crippen LogP contribution in [0.15, 0.2) is 97.1 Å². The molecular weight excluding hydrogens is 458 g/mol. The van der Waals surface area contributed by atoms with Gasteiger partial charge in [0.05, 0.1) is 0 Å². The first-order chi connectivity index (χ1) is 17.4. The van der Waals surface area contributed by atoms with E-state index < -0.39 is 0 Å². The molecule has 0 aliphatic carbocycles. The van der Waals surface area contributed by atoms with Gasteiger partial charge in [0, 0.05) is 11.8 Å². The lowest BCUT2D eigenvalue weighted by atomic mass is 9.86. The van der Waals surface area contributed by atoms with Crippen molar-refractivity contribution >= 4 is 5.78 Å². The van der Waals surface area contributed by atoms with Gasteiger partial charge in [0.25, 0.3) is 0 Å². The van der Waals surface area contributed by atoms with Crippen LogP contribution in [0.25, 0.3) is 0 Å². The van der Waals surface area contributed by atoms with Crippen LogP contribution in [0, 0.1) is 11.6 Å². The van der Waals surface area contributed by atoms with Crippen LogP contribution in [0.2, 0.25) is 0 Å². The first-order valence-electron chi connectivity index (χ1n) is 11.9. The Morgan fingerprint density at radius 2 is 1.03 bits per heavy atom. The molecule has 4 aromatic rings. The Balaban J connectivity index is 1.32. The third kappa shape index (κ3) is 6.57. The van der Waals surface area contributed by atoms with E-state index in [0.29, 0.717) is 11.5 Å². The summed E-state index contributed by atoms with van der Waals surface area (Å²) in [5, 5.41) is 0. The van der Waals surface area contributed by atoms with Gasteiger partial charge in [-0.2, -0.15) is 0 Å². The number of hydrogen-bond acceptors (Lipinski definition) is 3. The first kappa shape index (κ1) is 25.1. The van der Waals surface area contributed by atoms with Crippen molar-refractivity contribution in [3.05, 3.63) is 131 Å². The molecule has 5 heteroatoms. The standard InChI is InChI=1S/C31H28F2O3/c1-21(25-9-13-29(14-10-25)35-19-23-5-3-7-27(32)17-23)31(34)22(2)26-11-15-30(16-12-26)36-20-24-6-4-8-28(33)18-24/h3-18,21-22H,19-20H2,1-2H3. The molecule has 0 spiro atoms. The van der Waals surface area contributed by atoms with E-state index in [2.05, 4.69) is 0 Å². The van der Waals surface area contributed by atoms with Crippen molar-refractivity contribution in [2.75, 3.05) is 0 Å². The Bertz CT molecular complexity index is 1200. The summed E-state index contributed by atoms with van der Waals surface area (Å²) in [6, 6.07) is 27.5. The molecule has 4 rings (SSSR count). The number of ketones is 1. The Hall–Kier alpha value is -3.99. The van der Waals surface area contributed by atoms with E-state index in [1.165, 1.54) is 24.3 Å². The normalized spacial score (nSPS) is 12.6. The van der Waals surface area contributed by atoms with Gasteiger partial charge in [0.15, 0.2) is 0 Å². The van der Waals surface area contributed by atoms with Gasteiger partial charge in [-0.25, -0.2) is 8.78 Å². The summed E-state index contributed by atoms with van der Waals surface area (Å²) >= 11 is 0. The molecule has 0 aliphatic rings. The van der Waals surface area contributed by atoms with Gasteiger partial charge in [-0.1, -0.05) is 62.4 Å². The van der Waals surface area contributed by atoms with Crippen LogP contribution >= 0.6 is 0 Å². The van der Waals surface area contributed by atoms with Gasteiger partial charge in [0.1, 0.15) is 42.1 Å². The van der Waals surface area contributed by atoms with Gasteiger partial charge in [-0.3, -0.25) is 4.79 Å². The number of carbonyl (C=O) groups excluding carboxylic acids is 1. The van der Waals surface area contributed by atoms with Gasteiger partial charge in [-0.05, 0) is 70.8 Å². The van der Waals surface area contributed by atoms with E-state index in [1.54, 1.807) is 12.1 Å². The molecule has 0 aromatic heterocycles. The Morgan fingerprint density at radius 1 is 0.639 bits per heavy atom. The second-order valence-corrected chi connectivity index (χ2v) is 8.82. The SMILES string of the molecule is CC(C(=O)C(C)c1ccc(OCc2cccc(F)c2)cc1)c1ccc(OCc2cccc(F)c2)cc1. The second-order valence-electron chi connectivity index (χ2n) is 8.82. The minimum atomic E-state index is -0.293. The molecule has 0 N–H and O–H groups in total. The van der Waals surface area contributed by atoms with Crippen LogP contribution < -0.4 is 9.47 Å². The molecule has 2 atom stereocenters. The molecule has 0 radical (unpaired) electrons. The Kier molecular flexibility index (Phi) is 8.11. The van der Waals surface area contributed by atoms with Crippen LogP contribution in [0.3, 0.4) is 0 Å². The molecule has 0 saturated heterocycles. The zero-order chi connectivity index (χ0) is 25.5. The smallest absolute Gasteiger partial charge is 0.147 e. The molecule has 4 aromatic carbocycles. The highest BCUT2D eigenvalue weighted by molar-refractivity contribution is 5.91. The maximum absolute atomic E-state index is 13.3. The summed E-state index contributed by atoms with van der Waals surface area (Å²) in [7, 11) is 0. The van der Waals surface area contributed by atoms with Gasteiger partial charge in [0.2, 0.25) is 0 Å². The summed E-state index contributed by atoms with van der Waals surface area (Å²) in [5.74, 6) is 0.256. The predicted molar refractivity (Wildman–Crippen MR) is 136 cm³/mol. The van der Waals surface area contributed by atoms with E-state index >= 15 is 0 Å². The lowest BCUT2D eigenvalue weighted by molar-refractivity contribution is -0.121. The molecule has 0 bridgehead atoms. The van der Waals surface area contributed by atoms with Crippen molar-refractivity contribution in [3.8, 4) is 11.5 Å². The number of halogens is 2. The summed E-state index contributed by atoms with van der Waals surface area (Å²) in [6.07, 6.45) is 0. The molecule has 0 amide bonds. The maximum Gasteiger partial charge on any atom is 0.147 e. The van der Waals surface area contributed by atoms with Crippen molar-refractivity contribution < 1.29 is 23.0 Å². The topological polar surface area (TPSA) is 35.5 Å². The van der Waals surface area contributed by atoms with Crippen LogP contribution in [-0.2, 0) is 18.0 Å². The molecule has 36 heavy (non-hydrogen) atoms. The number of carbonyl (C=O) groups is 1. The fourth-order valence-corrected chi connectivity index (χ4v) is 4.00. The third-order valence-corrected chi connectivity index (χ3v) is 6.20. The van der Waals surface area contributed by atoms with Crippen molar-refractivity contribution in [2.45, 2.75) is 38.9 Å². The van der Waals surface area contributed by atoms with Gasteiger partial charge in [-0.15, -0.1) is 0 Å². The highest BCUT2D eigenvalue weighted by atomic mass is 19.1. The lowest BCUT2D eigenvalue weighted by Crippen LogP contribution is -2.16. The monoisotopic (exact) mass is 486 g/mol. The fourth-order valence-electron chi connectivity index (χ4n) is 4.00. The molecule has 0 fully saturated rings. The number of ether oxygens (including phenoxy) is 2. The Morgan fingerprint density at radius 3 is 1.39 bits per heavy atom. The highest BCUT2D eigenvalue weighted by Gasteiger charge is 2.23. The Labute approximate surface area is 210 Å². The average Bonchev–Trinajstić information content (AvgIpc) is 2.90. The molecule has 184 valence electrons. The van der Waals surface area contributed by atoms with E-state index in [-0.39, 0.29) is 42.5 Å². The zero-order valence-electron chi connectivity index (χ0n) is 20.3. The molecular formula is C31H28F2O3. The summed E-state index contributed by atoms with van der Waals surface area (Å²) in [6.45, 7) is 4.34. The maximum atomic E-state index is 13.3. The van der Waals surface area contributed by atoms with Gasteiger partial charge >= 0.3 is 0 Å². The predicted octanol–water partition coefficient (Wildman–Crippen LogP) is 7.60. The molecule has 0 heterocycles. The van der Waals surface area contributed by atoms with Crippen LogP contribution in [0.4, 0.5) is 8.78 Å². The van der Waals surface area contributed by atoms with Crippen molar-refractivity contribution in [3.63, 3.8) is 0 Å². The average molecular weight is 487 g/mol. The van der Waals surface area contributed by atoms with E-state index in [0.717, 1.165) is 22.3 Å². The molecule has 2 unspecified atom stereocenters. The highest BCUT2D eigenvalue weighted by Crippen LogP contribution is 2.28. The number of rotatable bonds is 10. The zero-order valence-corrected chi connectivity index (χ0v) is 20.3. The molecule has 3 nitrogen and oxygen atoms in total. The molecule has 0 saturated carbocycles. The van der Waals surface area contributed by atoms with Crippen molar-refractivity contribution in [2.24, 2.45) is 0 Å². The van der Waals surface area contributed by atoms with Gasteiger partial charge < -0.3 is 9.47 Å².